The zero-order valence-electron chi connectivity index (χ0n) is 42.7. The number of likely N-dealkylation sites (N-methyl/N-ethyl adjacent to an activating group) is 1. The minimum atomic E-state index is -1.39. The van der Waals surface area contributed by atoms with E-state index >= 15 is 0 Å². The summed E-state index contributed by atoms with van der Waals surface area (Å²) < 4.78 is 28.4. The average Bonchev–Trinajstić information content (AvgIpc) is 3.94. The number of benzene rings is 1. The number of methoxy groups -OCH3 is 2. The van der Waals surface area contributed by atoms with Crippen LogP contribution in [0.25, 0.3) is 0 Å². The molecule has 0 radical (unpaired) electrons. The van der Waals surface area contributed by atoms with Crippen LogP contribution in [0.2, 0.25) is 0 Å². The smallest absolute Gasteiger partial charge is 0.326 e. The number of imide groups is 1. The molecule has 2 aliphatic rings. The second-order valence-electron chi connectivity index (χ2n) is 18.8. The molecule has 1 aromatic rings. The van der Waals surface area contributed by atoms with Gasteiger partial charge in [0.2, 0.25) is 23.6 Å². The fraction of sp³-hybridized carbons (Fsp3) is 0.680. The van der Waals surface area contributed by atoms with E-state index in [-0.39, 0.29) is 107 Å². The first-order valence-electron chi connectivity index (χ1n) is 24.3. The number of nitrogens with one attached hydrogen (secondary N) is 3. The van der Waals surface area contributed by atoms with Crippen molar-refractivity contribution >= 4 is 58.6 Å². The van der Waals surface area contributed by atoms with Gasteiger partial charge in [-0.3, -0.25) is 33.7 Å². The van der Waals surface area contributed by atoms with Crippen LogP contribution in [0.15, 0.2) is 42.5 Å². The molecule has 6 amide bonds. The van der Waals surface area contributed by atoms with E-state index in [1.54, 1.807) is 37.8 Å². The van der Waals surface area contributed by atoms with Gasteiger partial charge in [0, 0.05) is 58.7 Å². The predicted octanol–water partition coefficient (Wildman–Crippen LogP) is 2.92. The van der Waals surface area contributed by atoms with Crippen LogP contribution in [0.3, 0.4) is 0 Å². The number of carbonyl (C=O) groups excluding carboxylic acids is 6. The molecule has 0 spiro atoms. The first-order valence-corrected chi connectivity index (χ1v) is 24.7. The lowest BCUT2D eigenvalue weighted by Gasteiger charge is -2.41. The number of nitrogens with zero attached hydrogens (tertiary/aromatic N) is 3. The van der Waals surface area contributed by atoms with Gasteiger partial charge in [0.25, 0.3) is 11.8 Å². The van der Waals surface area contributed by atoms with Crippen molar-refractivity contribution in [3.05, 3.63) is 48.0 Å². The van der Waals surface area contributed by atoms with Crippen LogP contribution >= 0.6 is 12.2 Å². The molecule has 2 heterocycles. The van der Waals surface area contributed by atoms with Crippen molar-refractivity contribution in [3.8, 4) is 0 Å². The Kier molecular flexibility index (Phi) is 25.0. The van der Waals surface area contributed by atoms with Gasteiger partial charge in [-0.1, -0.05) is 83.6 Å². The van der Waals surface area contributed by atoms with Gasteiger partial charge < -0.3 is 54.5 Å². The van der Waals surface area contributed by atoms with Crippen LogP contribution in [-0.2, 0) is 63.7 Å². The Balaban J connectivity index is 1.55. The summed E-state index contributed by atoms with van der Waals surface area (Å²) in [6.45, 7) is 14.5. The Bertz CT molecular complexity index is 1920. The minimum Gasteiger partial charge on any atom is -0.480 e. The molecule has 70 heavy (non-hydrogen) atoms. The number of aliphatic carboxylic acids is 1. The first-order chi connectivity index (χ1) is 33.2. The summed E-state index contributed by atoms with van der Waals surface area (Å²) in [5.74, 6) is -4.20. The molecule has 3 rings (SSSR count). The zero-order chi connectivity index (χ0) is 52.1. The third-order valence-corrected chi connectivity index (χ3v) is 13.5. The van der Waals surface area contributed by atoms with Gasteiger partial charge in [0.15, 0.2) is 0 Å². The van der Waals surface area contributed by atoms with E-state index in [1.165, 1.54) is 19.3 Å². The van der Waals surface area contributed by atoms with E-state index in [4.69, 9.17) is 35.9 Å². The van der Waals surface area contributed by atoms with E-state index < -0.39 is 59.6 Å². The predicted molar refractivity (Wildman–Crippen MR) is 265 cm³/mol. The van der Waals surface area contributed by atoms with Crippen LogP contribution in [0.1, 0.15) is 86.1 Å². The quantitative estimate of drug-likeness (QED) is 0.0462. The standard InChI is InChI=1S/C50H78N6O13S/c1-11-33(4)44(38(65-9)31-42(60)55-22-15-18-37(55)45(66-10)34(5)46(70)51-36(48(62)63)30-35-16-13-12-14-17-35)54(8)47(61)43(32(2)3)52-49(64)50(6,7)53-39(57)21-24-67-26-28-69-29-27-68-25-23-56-40(58)19-20-41(56)59/h12-14,16-17,19-20,32-34,36-38,43-45H,11,15,18,21-31H2,1-10H3,(H,51,70)(H,52,64)(H,53,57)(H,62,63)/t33-,34+,36-,37-,38+,43-,44-,45+/m0/s1. The fourth-order valence-corrected chi connectivity index (χ4v) is 8.97. The summed E-state index contributed by atoms with van der Waals surface area (Å²) in [7, 11) is 4.73. The van der Waals surface area contributed by atoms with Gasteiger partial charge in [-0.2, -0.15) is 0 Å². The van der Waals surface area contributed by atoms with E-state index in [2.05, 4.69) is 16.0 Å². The number of thiocarbonyl (C=S) groups is 1. The maximum atomic E-state index is 14.5. The molecule has 0 aliphatic carbocycles. The molecule has 4 N–H and O–H groups in total. The van der Waals surface area contributed by atoms with E-state index in [1.807, 2.05) is 65.0 Å². The molecule has 8 atom stereocenters. The van der Waals surface area contributed by atoms with Crippen molar-refractivity contribution in [1.29, 1.82) is 0 Å². The molecule has 0 saturated carbocycles. The number of amides is 6. The second kappa shape index (κ2) is 29.5. The highest BCUT2D eigenvalue weighted by molar-refractivity contribution is 7.80. The van der Waals surface area contributed by atoms with Gasteiger partial charge >= 0.3 is 5.97 Å². The Morgan fingerprint density at radius 1 is 0.886 bits per heavy atom. The van der Waals surface area contributed by atoms with Gasteiger partial charge in [-0.15, -0.1) is 0 Å². The van der Waals surface area contributed by atoms with Crippen LogP contribution in [0.5, 0.6) is 0 Å². The van der Waals surface area contributed by atoms with Gasteiger partial charge in [0.05, 0.1) is 81.9 Å². The van der Waals surface area contributed by atoms with E-state index in [0.29, 0.717) is 24.4 Å². The lowest BCUT2D eigenvalue weighted by atomic mass is 9.89. The van der Waals surface area contributed by atoms with Gasteiger partial charge in [-0.05, 0) is 44.1 Å². The molecule has 0 unspecified atom stereocenters. The number of hydrogen-bond acceptors (Lipinski definition) is 13. The van der Waals surface area contributed by atoms with Gasteiger partial charge in [0.1, 0.15) is 17.6 Å². The van der Waals surface area contributed by atoms with Crippen LogP contribution in [-0.4, -0.2) is 182 Å². The van der Waals surface area contributed by atoms with Crippen molar-refractivity contribution in [1.82, 2.24) is 30.7 Å². The number of rotatable bonds is 32. The molecule has 0 bridgehead atoms. The number of hydrogen-bond donors (Lipinski definition) is 4. The topological polar surface area (TPSA) is 232 Å². The molecule has 1 saturated heterocycles. The molecule has 1 fully saturated rings. The Morgan fingerprint density at radius 3 is 2.04 bits per heavy atom. The molecule has 392 valence electrons. The normalized spacial score (nSPS) is 18.0. The van der Waals surface area contributed by atoms with Crippen molar-refractivity contribution in [2.75, 3.05) is 74.0 Å². The third-order valence-electron chi connectivity index (χ3n) is 13.0. The highest BCUT2D eigenvalue weighted by Crippen LogP contribution is 2.30. The van der Waals surface area contributed by atoms with E-state index in [0.717, 1.165) is 16.9 Å². The summed E-state index contributed by atoms with van der Waals surface area (Å²) in [5.41, 5.74) is -0.539. The molecule has 19 nitrogen and oxygen atoms in total. The number of ether oxygens (including phenoxy) is 5. The highest BCUT2D eigenvalue weighted by atomic mass is 32.1. The van der Waals surface area contributed by atoms with Crippen molar-refractivity contribution in [2.45, 2.75) is 129 Å². The Labute approximate surface area is 419 Å². The average molecular weight is 1000 g/mol. The summed E-state index contributed by atoms with van der Waals surface area (Å²) in [6.07, 6.45) is 3.39. The third kappa shape index (κ3) is 17.8. The lowest BCUT2D eigenvalue weighted by molar-refractivity contribution is -0.147. The molecule has 1 aromatic carbocycles. The molecular weight excluding hydrogens is 925 g/mol. The van der Waals surface area contributed by atoms with E-state index in [9.17, 15) is 38.7 Å². The zero-order valence-corrected chi connectivity index (χ0v) is 43.5. The number of carboxylic acids is 1. The highest BCUT2D eigenvalue weighted by Gasteiger charge is 2.43. The maximum Gasteiger partial charge on any atom is 0.326 e. The summed E-state index contributed by atoms with van der Waals surface area (Å²) in [4.78, 5) is 95.7. The number of carbonyl (C=O) groups is 7. The van der Waals surface area contributed by atoms with Gasteiger partial charge in [-0.25, -0.2) is 4.79 Å². The fourth-order valence-electron chi connectivity index (χ4n) is 8.70. The largest absolute Gasteiger partial charge is 0.480 e. The molecule has 2 aliphatic heterocycles. The Morgan fingerprint density at radius 2 is 1.49 bits per heavy atom. The first kappa shape index (κ1) is 59.4. The van der Waals surface area contributed by atoms with Crippen LogP contribution in [0.4, 0.5) is 0 Å². The summed E-state index contributed by atoms with van der Waals surface area (Å²) >= 11 is 5.76. The minimum absolute atomic E-state index is 0.0258. The number of carboxylic acid groups (broad SMARTS) is 1. The lowest BCUT2D eigenvalue weighted by Crippen LogP contribution is -2.62. The van der Waals surface area contributed by atoms with Crippen molar-refractivity contribution < 1.29 is 62.4 Å². The van der Waals surface area contributed by atoms with Crippen molar-refractivity contribution in [3.63, 3.8) is 0 Å². The maximum absolute atomic E-state index is 14.5. The SMILES string of the molecule is CC[C@H](C)[C@@H]([C@@H](CC(=O)N1CCC[C@H]1[C@H](OC)[C@@H](C)C(=S)N[C@@H](Cc1ccccc1)C(=O)O)OC)N(C)C(=O)[C@@H](NC(=O)C(C)(C)NC(=O)CCOCCOCCOCCN1C(=O)C=CC1=O)C(C)C. The summed E-state index contributed by atoms with van der Waals surface area (Å²) in [6, 6.07) is 6.45. The monoisotopic (exact) mass is 1000 g/mol. The molecular formula is C50H78N6O13S. The summed E-state index contributed by atoms with van der Waals surface area (Å²) in [5, 5.41) is 18.7. The van der Waals surface area contributed by atoms with Crippen molar-refractivity contribution in [2.24, 2.45) is 17.8 Å². The second-order valence-corrected chi connectivity index (χ2v) is 19.2. The Hall–Kier alpha value is -4.86. The number of likely N-dealkylation sites (tertiary alicyclic amines) is 1. The molecule has 20 heteroatoms. The van der Waals surface area contributed by atoms with Crippen LogP contribution < -0.4 is 16.0 Å². The van der Waals surface area contributed by atoms with Crippen LogP contribution in [0, 0.1) is 17.8 Å². The molecule has 0 aromatic heterocycles.